The first kappa shape index (κ1) is 10.7. The predicted molar refractivity (Wildman–Crippen MR) is 51.2 cm³/mol. The number of carbonyl (C=O) groups is 1. The average molecular weight is 205 g/mol. The second-order valence-electron chi connectivity index (χ2n) is 3.22. The van der Waals surface area contributed by atoms with Gasteiger partial charge in [0, 0.05) is 34.9 Å². The third-order valence-corrected chi connectivity index (χ3v) is 3.54. The summed E-state index contributed by atoms with van der Waals surface area (Å²) < 4.78 is 11.0. The molecule has 0 radical (unpaired) electrons. The molecule has 0 unspecified atom stereocenters. The monoisotopic (exact) mass is 205 g/mol. The standard InChI is InChI=1S/C8H15NO3S/c10-8(11)1-4-9-7-2-5-13(12)6-3-7/h7,9H,1-6H2,(H,10,11). The van der Waals surface area contributed by atoms with E-state index in [1.807, 2.05) is 0 Å². The molecule has 0 aromatic carbocycles. The molecule has 0 aromatic rings. The third kappa shape index (κ3) is 4.38. The molecule has 5 heteroatoms. The Kier molecular flexibility index (Phi) is 4.38. The smallest absolute Gasteiger partial charge is 0.304 e. The number of hydrogen-bond acceptors (Lipinski definition) is 3. The van der Waals surface area contributed by atoms with Crippen molar-refractivity contribution in [1.82, 2.24) is 5.32 Å². The third-order valence-electron chi connectivity index (χ3n) is 2.16. The van der Waals surface area contributed by atoms with Crippen LogP contribution in [0, 0.1) is 0 Å². The number of aliphatic carboxylic acids is 1. The summed E-state index contributed by atoms with van der Waals surface area (Å²) in [7, 11) is -0.632. The molecular weight excluding hydrogens is 190 g/mol. The van der Waals surface area contributed by atoms with Crippen LogP contribution in [0.4, 0.5) is 0 Å². The summed E-state index contributed by atoms with van der Waals surface area (Å²) in [6.45, 7) is 0.520. The van der Waals surface area contributed by atoms with Crippen LogP contribution in [0.25, 0.3) is 0 Å². The molecule has 0 aliphatic carbocycles. The molecule has 4 nitrogen and oxygen atoms in total. The molecule has 1 aliphatic rings. The largest absolute Gasteiger partial charge is 0.481 e. The molecule has 0 atom stereocenters. The molecule has 1 fully saturated rings. The SMILES string of the molecule is O=C(O)CCNC1CCS(=O)CC1. The molecule has 0 aromatic heterocycles. The van der Waals surface area contributed by atoms with Crippen LogP contribution in [0.3, 0.4) is 0 Å². The Morgan fingerprint density at radius 1 is 1.46 bits per heavy atom. The number of nitrogens with one attached hydrogen (secondary N) is 1. The predicted octanol–water partition coefficient (Wildman–Crippen LogP) is -0.0382. The minimum Gasteiger partial charge on any atom is -0.481 e. The zero-order valence-electron chi connectivity index (χ0n) is 7.49. The van der Waals surface area contributed by atoms with E-state index in [1.54, 1.807) is 0 Å². The van der Waals surface area contributed by atoms with Crippen molar-refractivity contribution in [1.29, 1.82) is 0 Å². The first-order valence-corrected chi connectivity index (χ1v) is 5.97. The van der Waals surface area contributed by atoms with Gasteiger partial charge in [0.2, 0.25) is 0 Å². The summed E-state index contributed by atoms with van der Waals surface area (Å²) in [6, 6.07) is 0.372. The van der Waals surface area contributed by atoms with Crippen LogP contribution < -0.4 is 5.32 Å². The molecule has 1 aliphatic heterocycles. The van der Waals surface area contributed by atoms with Crippen molar-refractivity contribution in [3.05, 3.63) is 0 Å². The van der Waals surface area contributed by atoms with Gasteiger partial charge in [-0.05, 0) is 12.8 Å². The highest BCUT2D eigenvalue weighted by Crippen LogP contribution is 2.08. The second-order valence-corrected chi connectivity index (χ2v) is 4.92. The Balaban J connectivity index is 2.09. The normalized spacial score (nSPS) is 28.6. The Morgan fingerprint density at radius 3 is 2.62 bits per heavy atom. The van der Waals surface area contributed by atoms with Crippen molar-refractivity contribution in [2.24, 2.45) is 0 Å². The Bertz CT molecular complexity index is 198. The van der Waals surface area contributed by atoms with E-state index in [-0.39, 0.29) is 6.42 Å². The van der Waals surface area contributed by atoms with Gasteiger partial charge in [0.15, 0.2) is 0 Å². The second kappa shape index (κ2) is 5.34. The number of rotatable bonds is 4. The van der Waals surface area contributed by atoms with Gasteiger partial charge < -0.3 is 10.4 Å². The summed E-state index contributed by atoms with van der Waals surface area (Å²) in [5.74, 6) is 0.738. The van der Waals surface area contributed by atoms with Gasteiger partial charge in [-0.3, -0.25) is 9.00 Å². The number of carboxylic acids is 1. The summed E-state index contributed by atoms with van der Waals surface area (Å²) in [5.41, 5.74) is 0. The van der Waals surface area contributed by atoms with E-state index in [0.29, 0.717) is 12.6 Å². The lowest BCUT2D eigenvalue weighted by Crippen LogP contribution is -2.36. The summed E-state index contributed by atoms with van der Waals surface area (Å²) in [6.07, 6.45) is 1.98. The quantitative estimate of drug-likeness (QED) is 0.676. The molecular formula is C8H15NO3S. The van der Waals surface area contributed by atoms with Crippen molar-refractivity contribution in [3.8, 4) is 0 Å². The highest BCUT2D eigenvalue weighted by atomic mass is 32.2. The van der Waals surface area contributed by atoms with E-state index in [0.717, 1.165) is 24.3 Å². The van der Waals surface area contributed by atoms with Gasteiger partial charge in [0.1, 0.15) is 0 Å². The molecule has 13 heavy (non-hydrogen) atoms. The van der Waals surface area contributed by atoms with Crippen molar-refractivity contribution in [2.45, 2.75) is 25.3 Å². The molecule has 1 heterocycles. The summed E-state index contributed by atoms with van der Waals surface area (Å²) >= 11 is 0. The van der Waals surface area contributed by atoms with Crippen molar-refractivity contribution < 1.29 is 14.1 Å². The molecule has 0 amide bonds. The van der Waals surface area contributed by atoms with Gasteiger partial charge in [-0.1, -0.05) is 0 Å². The lowest BCUT2D eigenvalue weighted by molar-refractivity contribution is -0.136. The first-order chi connectivity index (χ1) is 6.18. The van der Waals surface area contributed by atoms with Crippen LogP contribution in [0.2, 0.25) is 0 Å². The van der Waals surface area contributed by atoms with E-state index < -0.39 is 16.8 Å². The minimum absolute atomic E-state index is 0.166. The van der Waals surface area contributed by atoms with Gasteiger partial charge in [-0.25, -0.2) is 0 Å². The fourth-order valence-corrected chi connectivity index (χ4v) is 2.68. The van der Waals surface area contributed by atoms with Crippen molar-refractivity contribution in [3.63, 3.8) is 0 Å². The zero-order valence-corrected chi connectivity index (χ0v) is 8.31. The van der Waals surface area contributed by atoms with Crippen LogP contribution >= 0.6 is 0 Å². The van der Waals surface area contributed by atoms with Crippen molar-refractivity contribution >= 4 is 16.8 Å². The topological polar surface area (TPSA) is 66.4 Å². The average Bonchev–Trinajstić information content (AvgIpc) is 2.08. The fraction of sp³-hybridized carbons (Fsp3) is 0.875. The minimum atomic E-state index is -0.771. The highest BCUT2D eigenvalue weighted by Gasteiger charge is 2.16. The van der Waals surface area contributed by atoms with Gasteiger partial charge >= 0.3 is 5.97 Å². The van der Waals surface area contributed by atoms with Gasteiger partial charge in [-0.2, -0.15) is 0 Å². The summed E-state index contributed by atoms with van der Waals surface area (Å²) in [5, 5.41) is 11.6. The van der Waals surface area contributed by atoms with Gasteiger partial charge in [-0.15, -0.1) is 0 Å². The maximum atomic E-state index is 11.0. The first-order valence-electron chi connectivity index (χ1n) is 4.48. The van der Waals surface area contributed by atoms with E-state index in [1.165, 1.54) is 0 Å². The van der Waals surface area contributed by atoms with Crippen LogP contribution in [0.5, 0.6) is 0 Å². The zero-order chi connectivity index (χ0) is 9.68. The van der Waals surface area contributed by atoms with E-state index in [2.05, 4.69) is 5.32 Å². The molecule has 0 spiro atoms. The van der Waals surface area contributed by atoms with Crippen LogP contribution in [0.1, 0.15) is 19.3 Å². The fourth-order valence-electron chi connectivity index (χ4n) is 1.38. The van der Waals surface area contributed by atoms with E-state index >= 15 is 0 Å². The van der Waals surface area contributed by atoms with Gasteiger partial charge in [0.25, 0.3) is 0 Å². The lowest BCUT2D eigenvalue weighted by Gasteiger charge is -2.22. The molecule has 0 bridgehead atoms. The van der Waals surface area contributed by atoms with Crippen LogP contribution in [0.15, 0.2) is 0 Å². The maximum Gasteiger partial charge on any atom is 0.304 e. The molecule has 1 saturated heterocycles. The van der Waals surface area contributed by atoms with E-state index in [9.17, 15) is 9.00 Å². The van der Waals surface area contributed by atoms with Crippen LogP contribution in [-0.4, -0.2) is 39.4 Å². The highest BCUT2D eigenvalue weighted by molar-refractivity contribution is 7.85. The maximum absolute atomic E-state index is 11.0. The Hall–Kier alpha value is -0.420. The van der Waals surface area contributed by atoms with Crippen LogP contribution in [-0.2, 0) is 15.6 Å². The molecule has 1 rings (SSSR count). The Labute approximate surface area is 80.2 Å². The molecule has 2 N–H and O–H groups in total. The lowest BCUT2D eigenvalue weighted by atomic mass is 10.1. The van der Waals surface area contributed by atoms with E-state index in [4.69, 9.17) is 5.11 Å². The van der Waals surface area contributed by atoms with Crippen molar-refractivity contribution in [2.75, 3.05) is 18.1 Å². The molecule has 0 saturated carbocycles. The summed E-state index contributed by atoms with van der Waals surface area (Å²) in [4.78, 5) is 10.2. The van der Waals surface area contributed by atoms with Gasteiger partial charge in [0.05, 0.1) is 6.42 Å². The number of hydrogen-bond donors (Lipinski definition) is 2. The Morgan fingerprint density at radius 2 is 2.08 bits per heavy atom. The number of carboxylic acid groups (broad SMARTS) is 1. The molecule has 76 valence electrons.